The summed E-state index contributed by atoms with van der Waals surface area (Å²) in [5, 5.41) is 10.3. The van der Waals surface area contributed by atoms with E-state index in [1.807, 2.05) is 56.6 Å². The Labute approximate surface area is 173 Å². The lowest BCUT2D eigenvalue weighted by atomic mass is 10.0. The molecule has 6 heteroatoms. The number of hydrogen-bond donors (Lipinski definition) is 1. The van der Waals surface area contributed by atoms with Crippen molar-refractivity contribution in [2.45, 2.75) is 13.0 Å². The number of benzene rings is 2. The van der Waals surface area contributed by atoms with Gasteiger partial charge in [0.25, 0.3) is 0 Å². The second-order valence-electron chi connectivity index (χ2n) is 7.00. The van der Waals surface area contributed by atoms with Crippen LogP contribution < -0.4 is 9.47 Å². The van der Waals surface area contributed by atoms with Crippen LogP contribution in [-0.2, 0) is 6.61 Å². The van der Waals surface area contributed by atoms with Crippen LogP contribution in [-0.4, -0.2) is 37.3 Å². The number of halogens is 1. The van der Waals surface area contributed by atoms with Crippen LogP contribution in [0, 0.1) is 0 Å². The van der Waals surface area contributed by atoms with Gasteiger partial charge in [-0.05, 0) is 38.7 Å². The van der Waals surface area contributed by atoms with E-state index in [9.17, 15) is 5.11 Å². The van der Waals surface area contributed by atoms with Crippen molar-refractivity contribution < 1.29 is 14.6 Å². The third kappa shape index (κ3) is 3.76. The number of hydrogen-bond acceptors (Lipinski definition) is 5. The first-order valence-corrected chi connectivity index (χ1v) is 10.4. The number of rotatable bonds is 6. The van der Waals surface area contributed by atoms with Gasteiger partial charge in [0.05, 0.1) is 13.2 Å². The van der Waals surface area contributed by atoms with Crippen molar-refractivity contribution in [2.75, 3.05) is 27.2 Å². The maximum absolute atomic E-state index is 9.67. The monoisotopic (exact) mass is 415 g/mol. The molecule has 2 heterocycles. The number of para-hydroxylation sites is 1. The van der Waals surface area contributed by atoms with Gasteiger partial charge in [-0.2, -0.15) is 0 Å². The van der Waals surface area contributed by atoms with E-state index >= 15 is 0 Å². The summed E-state index contributed by atoms with van der Waals surface area (Å²) in [6.45, 7) is 1.53. The predicted molar refractivity (Wildman–Crippen MR) is 115 cm³/mol. The zero-order valence-corrected chi connectivity index (χ0v) is 17.4. The fourth-order valence-corrected chi connectivity index (χ4v) is 4.57. The summed E-state index contributed by atoms with van der Waals surface area (Å²) in [5.41, 5.74) is 2.94. The van der Waals surface area contributed by atoms with Crippen LogP contribution in [0.2, 0.25) is 5.02 Å². The molecule has 2 aromatic carbocycles. The molecule has 0 atom stereocenters. The summed E-state index contributed by atoms with van der Waals surface area (Å²) < 4.78 is 12.4. The van der Waals surface area contributed by atoms with E-state index in [4.69, 9.17) is 21.1 Å². The van der Waals surface area contributed by atoms with Gasteiger partial charge in [-0.1, -0.05) is 29.8 Å². The highest BCUT2D eigenvalue weighted by Gasteiger charge is 2.26. The Morgan fingerprint density at radius 3 is 2.71 bits per heavy atom. The molecule has 0 spiro atoms. The first-order valence-electron chi connectivity index (χ1n) is 9.19. The molecule has 4 nitrogen and oxygen atoms in total. The molecule has 0 aliphatic carbocycles. The Kier molecular flexibility index (Phi) is 5.60. The van der Waals surface area contributed by atoms with E-state index in [2.05, 4.69) is 4.90 Å². The summed E-state index contributed by atoms with van der Waals surface area (Å²) >= 11 is 7.98. The predicted octanol–water partition coefficient (Wildman–Crippen LogP) is 5.66. The van der Waals surface area contributed by atoms with E-state index < -0.39 is 0 Å². The van der Waals surface area contributed by atoms with Gasteiger partial charge in [-0.25, -0.2) is 0 Å². The molecule has 0 radical (unpaired) electrons. The summed E-state index contributed by atoms with van der Waals surface area (Å²) in [7, 11) is 4.09. The summed E-state index contributed by atoms with van der Waals surface area (Å²) in [6, 6.07) is 13.7. The van der Waals surface area contributed by atoms with E-state index in [1.54, 1.807) is 11.3 Å². The van der Waals surface area contributed by atoms with Gasteiger partial charge in [0.15, 0.2) is 11.5 Å². The van der Waals surface area contributed by atoms with Crippen LogP contribution in [0.4, 0.5) is 0 Å². The molecule has 3 aromatic rings. The fourth-order valence-electron chi connectivity index (χ4n) is 3.32. The van der Waals surface area contributed by atoms with Crippen molar-refractivity contribution in [1.82, 2.24) is 4.90 Å². The normalized spacial score (nSPS) is 12.0. The number of ether oxygens (including phenoxy) is 2. The molecule has 146 valence electrons. The summed E-state index contributed by atoms with van der Waals surface area (Å²) in [4.78, 5) is 4.06. The zero-order valence-electron chi connectivity index (χ0n) is 15.9. The minimum atomic E-state index is 0.00445. The highest BCUT2D eigenvalue weighted by Crippen LogP contribution is 2.53. The summed E-state index contributed by atoms with van der Waals surface area (Å²) in [6.07, 6.45) is 0.907. The molecule has 0 unspecified atom stereocenters. The first-order chi connectivity index (χ1) is 13.6. The van der Waals surface area contributed by atoms with Gasteiger partial charge >= 0.3 is 0 Å². The minimum absolute atomic E-state index is 0.00445. The lowest BCUT2D eigenvalue weighted by molar-refractivity contribution is 0.273. The maximum atomic E-state index is 9.67. The molecule has 4 rings (SSSR count). The van der Waals surface area contributed by atoms with Gasteiger partial charge in [0, 0.05) is 44.1 Å². The maximum Gasteiger partial charge on any atom is 0.178 e. The average Bonchev–Trinajstić information content (AvgIpc) is 3.06. The van der Waals surface area contributed by atoms with Crippen LogP contribution in [0.25, 0.3) is 21.6 Å². The molecule has 1 aliphatic rings. The molecule has 0 saturated carbocycles. The zero-order chi connectivity index (χ0) is 19.7. The van der Waals surface area contributed by atoms with Crippen LogP contribution in [0.3, 0.4) is 0 Å². The van der Waals surface area contributed by atoms with Crippen molar-refractivity contribution in [2.24, 2.45) is 0 Å². The quantitative estimate of drug-likeness (QED) is 0.412. The van der Waals surface area contributed by atoms with Gasteiger partial charge < -0.3 is 19.5 Å². The lowest BCUT2D eigenvalue weighted by Gasteiger charge is -2.16. The van der Waals surface area contributed by atoms with Crippen molar-refractivity contribution in [3.63, 3.8) is 0 Å². The largest absolute Gasteiger partial charge is 0.490 e. The standard InChI is InChI=1S/C22H22ClNO3S/c1-24(2)8-5-9-26-20-11-14(23)10-18-21(20)27-19-7-4-3-6-16(19)17-12-15(13-25)28-22(17)18/h3-4,6-7,10-12,25H,5,8-9,13H2,1-2H3. The second-order valence-corrected chi connectivity index (χ2v) is 8.57. The number of aliphatic hydroxyl groups excluding tert-OH is 1. The van der Waals surface area contributed by atoms with Crippen LogP contribution in [0.5, 0.6) is 17.2 Å². The molecule has 0 amide bonds. The van der Waals surface area contributed by atoms with Crippen molar-refractivity contribution >= 4 is 22.9 Å². The lowest BCUT2D eigenvalue weighted by Crippen LogP contribution is -2.15. The van der Waals surface area contributed by atoms with Gasteiger partial charge in [0.2, 0.25) is 0 Å². The van der Waals surface area contributed by atoms with Crippen molar-refractivity contribution in [3.05, 3.63) is 52.4 Å². The molecular formula is C22H22ClNO3S. The van der Waals surface area contributed by atoms with E-state index in [1.165, 1.54) is 0 Å². The Bertz CT molecular complexity index is 999. The Balaban J connectivity index is 1.81. The van der Waals surface area contributed by atoms with Crippen molar-refractivity contribution in [1.29, 1.82) is 0 Å². The minimum Gasteiger partial charge on any atom is -0.490 e. The third-order valence-corrected chi connectivity index (χ3v) is 5.97. The molecule has 1 aliphatic heterocycles. The molecule has 0 fully saturated rings. The topological polar surface area (TPSA) is 41.9 Å². The van der Waals surface area contributed by atoms with Crippen molar-refractivity contribution in [3.8, 4) is 38.8 Å². The first kappa shape index (κ1) is 19.3. The summed E-state index contributed by atoms with van der Waals surface area (Å²) in [5.74, 6) is 2.08. The average molecular weight is 416 g/mol. The number of aliphatic hydroxyl groups is 1. The molecule has 1 aromatic heterocycles. The Hall–Kier alpha value is -2.05. The highest BCUT2D eigenvalue weighted by molar-refractivity contribution is 7.16. The molecule has 1 N–H and O–H groups in total. The third-order valence-electron chi connectivity index (χ3n) is 4.60. The van der Waals surface area contributed by atoms with Gasteiger partial charge in [-0.3, -0.25) is 0 Å². The second kappa shape index (κ2) is 8.13. The number of thiophene rings is 1. The number of nitrogens with zero attached hydrogens (tertiary/aromatic N) is 1. The highest BCUT2D eigenvalue weighted by atomic mass is 35.5. The van der Waals surface area contributed by atoms with Crippen LogP contribution in [0.15, 0.2) is 42.5 Å². The fraction of sp³-hybridized carbons (Fsp3) is 0.273. The number of fused-ring (bicyclic) bond motifs is 5. The molecular weight excluding hydrogens is 394 g/mol. The Morgan fingerprint density at radius 2 is 1.93 bits per heavy atom. The smallest absolute Gasteiger partial charge is 0.178 e. The molecule has 0 saturated heterocycles. The molecule has 28 heavy (non-hydrogen) atoms. The van der Waals surface area contributed by atoms with Crippen LogP contribution in [0.1, 0.15) is 11.3 Å². The van der Waals surface area contributed by atoms with Crippen LogP contribution >= 0.6 is 22.9 Å². The van der Waals surface area contributed by atoms with E-state index in [0.29, 0.717) is 23.1 Å². The SMILES string of the molecule is CN(C)CCCOc1cc(Cl)cc2c1Oc1ccccc1-c1cc(CO)sc1-2. The van der Waals surface area contributed by atoms with Gasteiger partial charge in [-0.15, -0.1) is 11.3 Å². The van der Waals surface area contributed by atoms with E-state index in [-0.39, 0.29) is 6.61 Å². The van der Waals surface area contributed by atoms with E-state index in [0.717, 1.165) is 45.2 Å². The van der Waals surface area contributed by atoms with Gasteiger partial charge in [0.1, 0.15) is 5.75 Å². The molecule has 0 bridgehead atoms. The Morgan fingerprint density at radius 1 is 1.11 bits per heavy atom.